The minimum Gasteiger partial charge on any atom is -0.0617 e. The van der Waals surface area contributed by atoms with Crippen LogP contribution in [-0.4, -0.2) is 0 Å². The van der Waals surface area contributed by atoms with Gasteiger partial charge >= 0.3 is 0 Å². The molecule has 1 aliphatic rings. The fourth-order valence-electron chi connectivity index (χ4n) is 2.25. The van der Waals surface area contributed by atoms with E-state index in [2.05, 4.69) is 37.6 Å². The third kappa shape index (κ3) is 1.93. The van der Waals surface area contributed by atoms with Crippen LogP contribution in [-0.2, 0) is 0 Å². The summed E-state index contributed by atoms with van der Waals surface area (Å²) in [6, 6.07) is 8.99. The van der Waals surface area contributed by atoms with Crippen LogP contribution in [0.4, 0.5) is 0 Å². The molecule has 0 N–H and O–H groups in total. The van der Waals surface area contributed by atoms with Crippen molar-refractivity contribution in [2.45, 2.75) is 38.5 Å². The van der Waals surface area contributed by atoms with Crippen molar-refractivity contribution in [3.8, 4) is 0 Å². The molecule has 0 heteroatoms. The van der Waals surface area contributed by atoms with Crippen LogP contribution in [0, 0.1) is 6.42 Å². The van der Waals surface area contributed by atoms with E-state index in [1.165, 1.54) is 31.2 Å². The molecule has 0 nitrogen and oxygen atoms in total. The standard InChI is InChI=1S/C13H17/c1-2-11-6-5-9-13(10-11)12-7-3-4-8-12/h2,5-6,9-10,12H,3-4,7-8H2,1H3. The molecule has 0 aliphatic heterocycles. The number of rotatable bonds is 2. The Labute approximate surface area is 81.0 Å². The zero-order valence-corrected chi connectivity index (χ0v) is 8.29. The van der Waals surface area contributed by atoms with Crippen molar-refractivity contribution in [2.24, 2.45) is 0 Å². The number of hydrogen-bond acceptors (Lipinski definition) is 0. The van der Waals surface area contributed by atoms with Gasteiger partial charge in [0.05, 0.1) is 0 Å². The van der Waals surface area contributed by atoms with E-state index in [1.54, 1.807) is 5.56 Å². The average Bonchev–Trinajstić information content (AvgIpc) is 2.71. The Hall–Kier alpha value is -0.780. The lowest BCUT2D eigenvalue weighted by Crippen LogP contribution is -1.92. The maximum absolute atomic E-state index is 2.34. The Bertz CT molecular complexity index is 269. The first-order valence-electron chi connectivity index (χ1n) is 5.29. The maximum Gasteiger partial charge on any atom is -0.0124 e. The highest BCUT2D eigenvalue weighted by atomic mass is 14.2. The predicted molar refractivity (Wildman–Crippen MR) is 56.7 cm³/mol. The van der Waals surface area contributed by atoms with E-state index in [-0.39, 0.29) is 0 Å². The largest absolute Gasteiger partial charge is 0.0617 e. The smallest absolute Gasteiger partial charge is 0.0124 e. The summed E-state index contributed by atoms with van der Waals surface area (Å²) in [6.45, 7) is 2.10. The van der Waals surface area contributed by atoms with Crippen LogP contribution in [0.2, 0.25) is 0 Å². The fourth-order valence-corrected chi connectivity index (χ4v) is 2.25. The van der Waals surface area contributed by atoms with Gasteiger partial charge in [0, 0.05) is 0 Å². The molecule has 0 unspecified atom stereocenters. The summed E-state index contributed by atoms with van der Waals surface area (Å²) in [6.07, 6.45) is 7.81. The summed E-state index contributed by atoms with van der Waals surface area (Å²) in [4.78, 5) is 0. The molecule has 1 fully saturated rings. The van der Waals surface area contributed by atoms with E-state index in [1.807, 2.05) is 0 Å². The van der Waals surface area contributed by atoms with E-state index in [9.17, 15) is 0 Å². The molecular weight excluding hydrogens is 156 g/mol. The van der Waals surface area contributed by atoms with Crippen molar-refractivity contribution >= 4 is 0 Å². The Morgan fingerprint density at radius 3 is 2.69 bits per heavy atom. The van der Waals surface area contributed by atoms with Crippen molar-refractivity contribution in [2.75, 3.05) is 0 Å². The van der Waals surface area contributed by atoms with Gasteiger partial charge in [-0.2, -0.15) is 0 Å². The lowest BCUT2D eigenvalue weighted by molar-refractivity contribution is 0.723. The van der Waals surface area contributed by atoms with Crippen molar-refractivity contribution in [1.29, 1.82) is 0 Å². The zero-order chi connectivity index (χ0) is 9.10. The molecule has 0 aromatic heterocycles. The summed E-state index contributed by atoms with van der Waals surface area (Å²) in [7, 11) is 0. The van der Waals surface area contributed by atoms with Crippen LogP contribution in [0.1, 0.15) is 49.7 Å². The molecular formula is C13H17. The van der Waals surface area contributed by atoms with Gasteiger partial charge in [-0.15, -0.1) is 0 Å². The van der Waals surface area contributed by atoms with E-state index in [4.69, 9.17) is 0 Å². The van der Waals surface area contributed by atoms with Crippen LogP contribution < -0.4 is 0 Å². The minimum atomic E-state index is 0.847. The third-order valence-electron chi connectivity index (χ3n) is 3.07. The Morgan fingerprint density at radius 2 is 2.00 bits per heavy atom. The molecule has 1 aliphatic carbocycles. The number of hydrogen-bond donors (Lipinski definition) is 0. The lowest BCUT2D eigenvalue weighted by Gasteiger charge is -2.10. The second-order valence-electron chi connectivity index (χ2n) is 3.94. The van der Waals surface area contributed by atoms with Gasteiger partial charge in [-0.05, 0) is 36.3 Å². The first-order valence-corrected chi connectivity index (χ1v) is 5.29. The van der Waals surface area contributed by atoms with E-state index < -0.39 is 0 Å². The highest BCUT2D eigenvalue weighted by molar-refractivity contribution is 5.30. The molecule has 1 radical (unpaired) electrons. The van der Waals surface area contributed by atoms with Gasteiger partial charge < -0.3 is 0 Å². The third-order valence-corrected chi connectivity index (χ3v) is 3.07. The zero-order valence-electron chi connectivity index (χ0n) is 8.29. The highest BCUT2D eigenvalue weighted by Crippen LogP contribution is 2.34. The summed E-state index contributed by atoms with van der Waals surface area (Å²) in [5, 5.41) is 0. The molecule has 0 atom stereocenters. The predicted octanol–water partition coefficient (Wildman–Crippen LogP) is 3.92. The van der Waals surface area contributed by atoms with Gasteiger partial charge in [-0.3, -0.25) is 0 Å². The molecule has 0 amide bonds. The molecule has 0 saturated heterocycles. The summed E-state index contributed by atoms with van der Waals surface area (Å²) < 4.78 is 0. The molecule has 1 saturated carbocycles. The molecule has 0 bridgehead atoms. The molecule has 69 valence electrons. The maximum atomic E-state index is 2.34. The Balaban J connectivity index is 2.18. The van der Waals surface area contributed by atoms with Crippen LogP contribution in [0.25, 0.3) is 0 Å². The van der Waals surface area contributed by atoms with Crippen LogP contribution in [0.5, 0.6) is 0 Å². The quantitative estimate of drug-likeness (QED) is 0.636. The lowest BCUT2D eigenvalue weighted by atomic mass is 9.95. The van der Waals surface area contributed by atoms with Gasteiger partial charge in [0.1, 0.15) is 0 Å². The van der Waals surface area contributed by atoms with Gasteiger partial charge in [0.2, 0.25) is 0 Å². The monoisotopic (exact) mass is 173 g/mol. The van der Waals surface area contributed by atoms with E-state index in [0.717, 1.165) is 5.92 Å². The normalized spacial score (nSPS) is 17.9. The molecule has 0 spiro atoms. The van der Waals surface area contributed by atoms with Crippen LogP contribution >= 0.6 is 0 Å². The minimum absolute atomic E-state index is 0.847. The van der Waals surface area contributed by atoms with Crippen molar-refractivity contribution in [3.05, 3.63) is 41.8 Å². The fraction of sp³-hybridized carbons (Fsp3) is 0.462. The summed E-state index contributed by atoms with van der Waals surface area (Å²) in [5.74, 6) is 0.847. The highest BCUT2D eigenvalue weighted by Gasteiger charge is 2.16. The first-order chi connectivity index (χ1) is 6.40. The van der Waals surface area contributed by atoms with Gasteiger partial charge in [0.15, 0.2) is 0 Å². The molecule has 13 heavy (non-hydrogen) atoms. The van der Waals surface area contributed by atoms with Gasteiger partial charge in [0.25, 0.3) is 0 Å². The van der Waals surface area contributed by atoms with Gasteiger partial charge in [-0.1, -0.05) is 44.0 Å². The summed E-state index contributed by atoms with van der Waals surface area (Å²) >= 11 is 0. The second kappa shape index (κ2) is 3.95. The van der Waals surface area contributed by atoms with Crippen molar-refractivity contribution in [3.63, 3.8) is 0 Å². The average molecular weight is 173 g/mol. The number of benzene rings is 1. The van der Waals surface area contributed by atoms with E-state index >= 15 is 0 Å². The molecule has 1 aromatic carbocycles. The first kappa shape index (κ1) is 8.80. The molecule has 1 aromatic rings. The molecule has 0 heterocycles. The Kier molecular flexibility index (Phi) is 2.68. The SMILES string of the molecule is C[CH]c1cccc(C2CCCC2)c1. The van der Waals surface area contributed by atoms with Crippen molar-refractivity contribution in [1.82, 2.24) is 0 Å². The topological polar surface area (TPSA) is 0 Å². The summed E-state index contributed by atoms with van der Waals surface area (Å²) in [5.41, 5.74) is 2.91. The molecule has 2 rings (SSSR count). The van der Waals surface area contributed by atoms with Gasteiger partial charge in [-0.25, -0.2) is 0 Å². The van der Waals surface area contributed by atoms with Crippen LogP contribution in [0.3, 0.4) is 0 Å². The second-order valence-corrected chi connectivity index (χ2v) is 3.94. The van der Waals surface area contributed by atoms with E-state index in [0.29, 0.717) is 0 Å². The van der Waals surface area contributed by atoms with Crippen LogP contribution in [0.15, 0.2) is 24.3 Å². The van der Waals surface area contributed by atoms with Crippen molar-refractivity contribution < 1.29 is 0 Å². The Morgan fingerprint density at radius 1 is 1.23 bits per heavy atom.